The average Bonchev–Trinajstić information content (AvgIpc) is 2.49. The number of β-amino-alcohol motifs (C(OH)–C–C–N with tert-alkyl or cyclic N) is 1. The molecular formula is C15H23ClFN3O4. The molecule has 1 aromatic rings. The van der Waals surface area contributed by atoms with Crippen LogP contribution in [-0.2, 0) is 4.74 Å². The zero-order valence-electron chi connectivity index (χ0n) is 13.5. The molecule has 136 valence electrons. The van der Waals surface area contributed by atoms with E-state index < -0.39 is 29.5 Å². The Morgan fingerprint density at radius 3 is 2.58 bits per heavy atom. The Balaban J connectivity index is 0.00000529. The number of esters is 1. The monoisotopic (exact) mass is 363 g/mol. The number of ether oxygens (including phenoxy) is 1. The number of hydrogen-bond acceptors (Lipinski definition) is 5. The third-order valence-corrected chi connectivity index (χ3v) is 3.02. The van der Waals surface area contributed by atoms with E-state index in [1.54, 1.807) is 13.8 Å². The van der Waals surface area contributed by atoms with Gasteiger partial charge in [0, 0.05) is 18.6 Å². The van der Waals surface area contributed by atoms with Crippen molar-refractivity contribution in [3.63, 3.8) is 0 Å². The number of halogens is 2. The minimum Gasteiger partial charge on any atom is -0.459 e. The first-order chi connectivity index (χ1) is 10.7. The lowest BCUT2D eigenvalue weighted by molar-refractivity contribution is 0.0241. The fourth-order valence-electron chi connectivity index (χ4n) is 1.70. The number of rotatable bonds is 8. The first kappa shape index (κ1) is 22.1. The van der Waals surface area contributed by atoms with Gasteiger partial charge in [-0.3, -0.25) is 0 Å². The number of carbonyl (C=O) groups excluding carboxylic acids is 2. The molecule has 9 heteroatoms. The highest BCUT2D eigenvalue weighted by Crippen LogP contribution is 2.08. The van der Waals surface area contributed by atoms with Crippen LogP contribution >= 0.6 is 12.4 Å². The number of aliphatic hydroxyl groups excluding tert-OH is 1. The molecule has 1 rings (SSSR count). The summed E-state index contributed by atoms with van der Waals surface area (Å²) in [4.78, 5) is 22.4. The normalized spacial score (nSPS) is 12.0. The molecule has 24 heavy (non-hydrogen) atoms. The van der Waals surface area contributed by atoms with Crippen LogP contribution in [0.15, 0.2) is 24.3 Å². The lowest BCUT2D eigenvalue weighted by Gasteiger charge is -2.27. The van der Waals surface area contributed by atoms with E-state index in [1.807, 2.05) is 0 Å². The fourth-order valence-corrected chi connectivity index (χ4v) is 1.70. The van der Waals surface area contributed by atoms with Gasteiger partial charge in [0.05, 0.1) is 5.56 Å². The van der Waals surface area contributed by atoms with Gasteiger partial charge >= 0.3 is 12.0 Å². The highest BCUT2D eigenvalue weighted by atomic mass is 35.5. The van der Waals surface area contributed by atoms with Crippen molar-refractivity contribution in [2.24, 2.45) is 5.73 Å². The van der Waals surface area contributed by atoms with Crippen LogP contribution in [0.2, 0.25) is 0 Å². The molecule has 5 N–H and O–H groups in total. The van der Waals surface area contributed by atoms with Crippen LogP contribution in [0.1, 0.15) is 24.2 Å². The number of nitrogens with two attached hydrogens (primary N) is 1. The van der Waals surface area contributed by atoms with Gasteiger partial charge in [0.2, 0.25) is 0 Å². The molecule has 7 nitrogen and oxygen atoms in total. The number of aliphatic hydroxyl groups is 1. The molecule has 0 aliphatic heterocycles. The summed E-state index contributed by atoms with van der Waals surface area (Å²) < 4.78 is 18.3. The van der Waals surface area contributed by atoms with E-state index >= 15 is 0 Å². The van der Waals surface area contributed by atoms with E-state index in [1.165, 1.54) is 18.2 Å². The summed E-state index contributed by atoms with van der Waals surface area (Å²) in [7, 11) is 0. The first-order valence-electron chi connectivity index (χ1n) is 7.09. The van der Waals surface area contributed by atoms with Gasteiger partial charge in [0.15, 0.2) is 0 Å². The molecule has 0 saturated carbocycles. The van der Waals surface area contributed by atoms with E-state index in [0.717, 1.165) is 6.07 Å². The summed E-state index contributed by atoms with van der Waals surface area (Å²) in [5.74, 6) is -1.51. The smallest absolute Gasteiger partial charge is 0.341 e. The minimum atomic E-state index is -0.974. The summed E-state index contributed by atoms with van der Waals surface area (Å²) in [6.07, 6.45) is -0.974. The molecule has 1 unspecified atom stereocenters. The topological polar surface area (TPSA) is 114 Å². The molecule has 1 aromatic carbocycles. The van der Waals surface area contributed by atoms with Crippen molar-refractivity contribution < 1.29 is 23.8 Å². The second-order valence-corrected chi connectivity index (χ2v) is 5.71. The van der Waals surface area contributed by atoms with Gasteiger partial charge in [0.25, 0.3) is 0 Å². The molecule has 0 aromatic heterocycles. The van der Waals surface area contributed by atoms with Gasteiger partial charge in [-0.15, -0.1) is 12.4 Å². The number of nitrogens with one attached hydrogen (secondary N) is 2. The Morgan fingerprint density at radius 2 is 2.00 bits per heavy atom. The summed E-state index contributed by atoms with van der Waals surface area (Å²) in [5, 5.41) is 15.3. The third-order valence-electron chi connectivity index (χ3n) is 3.02. The number of primary amides is 1. The molecule has 0 aliphatic carbocycles. The van der Waals surface area contributed by atoms with Gasteiger partial charge in [-0.2, -0.15) is 0 Å². The lowest BCUT2D eigenvalue weighted by Crippen LogP contribution is -2.52. The molecule has 0 saturated heterocycles. The molecule has 0 fully saturated rings. The SMILES string of the molecule is CC(C)(CNC(N)=O)NCC(O)COC(=O)c1ccccc1F.Cl. The Kier molecular flexibility index (Phi) is 9.27. The molecular weight excluding hydrogens is 341 g/mol. The average molecular weight is 364 g/mol. The number of hydrogen-bond donors (Lipinski definition) is 4. The lowest BCUT2D eigenvalue weighted by atomic mass is 10.1. The van der Waals surface area contributed by atoms with Crippen molar-refractivity contribution in [1.82, 2.24) is 10.6 Å². The van der Waals surface area contributed by atoms with Gasteiger partial charge in [-0.1, -0.05) is 12.1 Å². The maximum absolute atomic E-state index is 13.4. The van der Waals surface area contributed by atoms with Crippen LogP contribution in [0.3, 0.4) is 0 Å². The highest BCUT2D eigenvalue weighted by molar-refractivity contribution is 5.89. The van der Waals surface area contributed by atoms with Crippen molar-refractivity contribution in [1.29, 1.82) is 0 Å². The second kappa shape index (κ2) is 10.1. The van der Waals surface area contributed by atoms with Crippen molar-refractivity contribution in [2.75, 3.05) is 19.7 Å². The molecule has 1 atom stereocenters. The first-order valence-corrected chi connectivity index (χ1v) is 7.09. The molecule has 2 amide bonds. The minimum absolute atomic E-state index is 0. The van der Waals surface area contributed by atoms with Gasteiger partial charge in [0.1, 0.15) is 18.5 Å². The number of benzene rings is 1. The largest absolute Gasteiger partial charge is 0.459 e. The van der Waals surface area contributed by atoms with Crippen LogP contribution in [0.25, 0.3) is 0 Å². The van der Waals surface area contributed by atoms with Crippen molar-refractivity contribution >= 4 is 24.4 Å². The zero-order valence-corrected chi connectivity index (χ0v) is 14.4. The van der Waals surface area contributed by atoms with Crippen LogP contribution in [0.4, 0.5) is 9.18 Å². The molecule has 0 bridgehead atoms. The number of carbonyl (C=O) groups is 2. The summed E-state index contributed by atoms with van der Waals surface area (Å²) in [6.45, 7) is 3.73. The Hall–Kier alpha value is -1.90. The van der Waals surface area contributed by atoms with E-state index in [9.17, 15) is 19.1 Å². The highest BCUT2D eigenvalue weighted by Gasteiger charge is 2.20. The molecule has 0 heterocycles. The van der Waals surface area contributed by atoms with E-state index in [0.29, 0.717) is 0 Å². The molecule has 0 spiro atoms. The third kappa shape index (κ3) is 8.09. The van der Waals surface area contributed by atoms with Gasteiger partial charge < -0.3 is 26.2 Å². The van der Waals surface area contributed by atoms with Crippen molar-refractivity contribution in [3.05, 3.63) is 35.6 Å². The standard InChI is InChI=1S/C15H22FN3O4.ClH/c1-15(2,9-18-14(17)22)19-7-10(20)8-23-13(21)11-5-3-4-6-12(11)16;/h3-6,10,19-20H,7-9H2,1-2H3,(H3,17,18,22);1H. The summed E-state index contributed by atoms with van der Waals surface area (Å²) in [5.41, 5.74) is 4.30. The van der Waals surface area contributed by atoms with E-state index in [-0.39, 0.29) is 37.7 Å². The van der Waals surface area contributed by atoms with Gasteiger partial charge in [-0.25, -0.2) is 14.0 Å². The number of urea groups is 1. The number of amides is 2. The van der Waals surface area contributed by atoms with Crippen LogP contribution in [0.5, 0.6) is 0 Å². The predicted molar refractivity (Wildman–Crippen MR) is 89.6 cm³/mol. The zero-order chi connectivity index (χ0) is 17.5. The Morgan fingerprint density at radius 1 is 1.38 bits per heavy atom. The van der Waals surface area contributed by atoms with Crippen LogP contribution in [-0.4, -0.2) is 48.4 Å². The summed E-state index contributed by atoms with van der Waals surface area (Å²) in [6, 6.07) is 4.81. The second-order valence-electron chi connectivity index (χ2n) is 5.71. The Labute approximate surface area is 146 Å². The van der Waals surface area contributed by atoms with E-state index in [2.05, 4.69) is 10.6 Å². The van der Waals surface area contributed by atoms with Crippen molar-refractivity contribution in [2.45, 2.75) is 25.5 Å². The molecule has 0 aliphatic rings. The fraction of sp³-hybridized carbons (Fsp3) is 0.467. The van der Waals surface area contributed by atoms with Crippen LogP contribution < -0.4 is 16.4 Å². The van der Waals surface area contributed by atoms with Crippen LogP contribution in [0, 0.1) is 5.82 Å². The van der Waals surface area contributed by atoms with Crippen molar-refractivity contribution in [3.8, 4) is 0 Å². The maximum Gasteiger partial charge on any atom is 0.341 e. The summed E-state index contributed by atoms with van der Waals surface area (Å²) >= 11 is 0. The van der Waals surface area contributed by atoms with E-state index in [4.69, 9.17) is 10.5 Å². The van der Waals surface area contributed by atoms with Gasteiger partial charge in [-0.05, 0) is 26.0 Å². The maximum atomic E-state index is 13.4. The quantitative estimate of drug-likeness (QED) is 0.510. The molecule has 0 radical (unpaired) electrons. The Bertz CT molecular complexity index is 557. The predicted octanol–water partition coefficient (Wildman–Crippen LogP) is 0.802.